The van der Waals surface area contributed by atoms with Crippen molar-refractivity contribution in [2.45, 2.75) is 43.2 Å². The fourth-order valence-corrected chi connectivity index (χ4v) is 3.31. The molecule has 0 bridgehead atoms. The molecule has 6 nitrogen and oxygen atoms in total. The number of fused-ring (bicyclic) bond motifs is 3. The molecule has 0 spiro atoms. The zero-order chi connectivity index (χ0) is 14.6. The van der Waals surface area contributed by atoms with Crippen LogP contribution < -0.4 is 0 Å². The smallest absolute Gasteiger partial charge is 0.410 e. The van der Waals surface area contributed by atoms with Gasteiger partial charge in [-0.1, -0.05) is 30.3 Å². The molecule has 1 amide bonds. The molecule has 1 aromatic carbocycles. The van der Waals surface area contributed by atoms with Crippen LogP contribution in [0.2, 0.25) is 0 Å². The van der Waals surface area contributed by atoms with Gasteiger partial charge in [0.2, 0.25) is 0 Å². The van der Waals surface area contributed by atoms with E-state index in [0.717, 1.165) is 5.56 Å². The number of likely N-dealkylation sites (N-methyl/N-ethyl adjacent to an activating group) is 1. The first-order valence-corrected chi connectivity index (χ1v) is 7.09. The van der Waals surface area contributed by atoms with Crippen molar-refractivity contribution in [2.24, 2.45) is 0 Å². The molecule has 1 N–H and O–H groups in total. The van der Waals surface area contributed by atoms with Gasteiger partial charge in [-0.2, -0.15) is 0 Å². The van der Waals surface area contributed by atoms with Crippen LogP contribution in [0.25, 0.3) is 0 Å². The molecule has 0 radical (unpaired) electrons. The number of carbonyl (C=O) groups is 1. The van der Waals surface area contributed by atoms with E-state index < -0.39 is 24.3 Å². The first kappa shape index (κ1) is 13.1. The number of carbonyl (C=O) groups excluding carboxylic acids is 1. The predicted octanol–water partition coefficient (Wildman–Crippen LogP) is 0.533. The van der Waals surface area contributed by atoms with Gasteiger partial charge in [0.15, 0.2) is 6.10 Å². The number of aliphatic hydroxyl groups excluding tert-OH is 1. The molecular weight excluding hydrogens is 274 g/mol. The van der Waals surface area contributed by atoms with E-state index in [1.54, 1.807) is 7.05 Å². The van der Waals surface area contributed by atoms with Gasteiger partial charge in [0.1, 0.15) is 30.5 Å². The molecule has 0 aromatic heterocycles. The van der Waals surface area contributed by atoms with Crippen molar-refractivity contribution in [3.8, 4) is 0 Å². The van der Waals surface area contributed by atoms with Crippen LogP contribution in [0, 0.1) is 0 Å². The summed E-state index contributed by atoms with van der Waals surface area (Å²) in [6.45, 7) is 0.408. The normalized spacial score (nSPS) is 40.5. The molecule has 0 unspecified atom stereocenters. The van der Waals surface area contributed by atoms with E-state index in [1.165, 1.54) is 4.90 Å². The second-order valence-corrected chi connectivity index (χ2v) is 5.77. The second kappa shape index (κ2) is 4.69. The summed E-state index contributed by atoms with van der Waals surface area (Å²) >= 11 is 0. The van der Waals surface area contributed by atoms with Crippen molar-refractivity contribution in [1.82, 2.24) is 4.90 Å². The van der Waals surface area contributed by atoms with E-state index in [2.05, 4.69) is 0 Å². The zero-order valence-corrected chi connectivity index (χ0v) is 11.6. The molecule has 1 aromatic rings. The summed E-state index contributed by atoms with van der Waals surface area (Å²) < 4.78 is 16.7. The Morgan fingerprint density at radius 2 is 2.00 bits per heavy atom. The minimum Gasteiger partial charge on any atom is -0.441 e. The third-order valence-corrected chi connectivity index (χ3v) is 4.49. The minimum atomic E-state index is -0.807. The maximum absolute atomic E-state index is 11.6. The van der Waals surface area contributed by atoms with Crippen molar-refractivity contribution in [2.75, 3.05) is 7.05 Å². The number of aliphatic hydroxyl groups is 1. The van der Waals surface area contributed by atoms with Crippen LogP contribution in [-0.4, -0.2) is 59.7 Å². The Kier molecular flexibility index (Phi) is 2.92. The molecule has 2 saturated heterocycles. The Hall–Kier alpha value is -1.63. The van der Waals surface area contributed by atoms with Gasteiger partial charge in [-0.05, 0) is 5.56 Å². The van der Waals surface area contributed by atoms with Gasteiger partial charge in [0.25, 0.3) is 0 Å². The summed E-state index contributed by atoms with van der Waals surface area (Å²) in [4.78, 5) is 13.1. The molecular formula is C15H17NO5. The number of ether oxygens (including phenoxy) is 3. The fraction of sp³-hybridized carbons (Fsp3) is 0.533. The summed E-state index contributed by atoms with van der Waals surface area (Å²) in [6, 6.07) is 9.37. The van der Waals surface area contributed by atoms with Crippen molar-refractivity contribution in [1.29, 1.82) is 0 Å². The molecule has 112 valence electrons. The van der Waals surface area contributed by atoms with Crippen molar-refractivity contribution in [3.63, 3.8) is 0 Å². The highest BCUT2D eigenvalue weighted by molar-refractivity contribution is 5.71. The zero-order valence-electron chi connectivity index (χ0n) is 11.6. The molecule has 21 heavy (non-hydrogen) atoms. The van der Waals surface area contributed by atoms with E-state index in [1.807, 2.05) is 30.3 Å². The topological polar surface area (TPSA) is 71.5 Å². The van der Waals surface area contributed by atoms with Crippen molar-refractivity contribution in [3.05, 3.63) is 35.9 Å². The first-order chi connectivity index (χ1) is 10.2. The lowest BCUT2D eigenvalue weighted by Gasteiger charge is -2.34. The van der Waals surface area contributed by atoms with Crippen LogP contribution in [0.5, 0.6) is 0 Å². The molecule has 4 rings (SSSR count). The number of epoxide rings is 1. The second-order valence-electron chi connectivity index (χ2n) is 5.77. The summed E-state index contributed by atoms with van der Waals surface area (Å²) in [5.41, 5.74) is 1.04. The van der Waals surface area contributed by atoms with E-state index in [4.69, 9.17) is 14.2 Å². The minimum absolute atomic E-state index is 0.159. The van der Waals surface area contributed by atoms with Crippen LogP contribution >= 0.6 is 0 Å². The lowest BCUT2D eigenvalue weighted by atomic mass is 9.87. The summed E-state index contributed by atoms with van der Waals surface area (Å²) in [5, 5.41) is 10.5. The third kappa shape index (κ3) is 2.02. The average molecular weight is 291 g/mol. The monoisotopic (exact) mass is 291 g/mol. The number of hydrogen-bond donors (Lipinski definition) is 1. The predicted molar refractivity (Wildman–Crippen MR) is 71.5 cm³/mol. The molecule has 6 atom stereocenters. The van der Waals surface area contributed by atoms with Crippen LogP contribution in [-0.2, 0) is 20.8 Å². The van der Waals surface area contributed by atoms with Crippen molar-refractivity contribution < 1.29 is 24.1 Å². The summed E-state index contributed by atoms with van der Waals surface area (Å²) in [5.74, 6) is 0. The van der Waals surface area contributed by atoms with Crippen LogP contribution in [0.1, 0.15) is 5.56 Å². The van der Waals surface area contributed by atoms with Crippen molar-refractivity contribution >= 4 is 6.09 Å². The number of amides is 1. The quantitative estimate of drug-likeness (QED) is 0.823. The summed E-state index contributed by atoms with van der Waals surface area (Å²) in [7, 11) is 1.63. The van der Waals surface area contributed by atoms with Crippen LogP contribution in [0.15, 0.2) is 30.3 Å². The number of benzene rings is 1. The SMILES string of the molecule is CN1C(=O)O[C@H]2[C@@H]3O[C@@H]3[C@H](OCc3ccccc3)[C@H](O)[C@H]21. The third-order valence-electron chi connectivity index (χ3n) is 4.49. The van der Waals surface area contributed by atoms with Gasteiger partial charge < -0.3 is 24.2 Å². The van der Waals surface area contributed by atoms with E-state index >= 15 is 0 Å². The van der Waals surface area contributed by atoms with E-state index in [-0.39, 0.29) is 18.3 Å². The Labute approximate surface area is 122 Å². The van der Waals surface area contributed by atoms with Gasteiger partial charge >= 0.3 is 6.09 Å². The number of nitrogens with zero attached hydrogens (tertiary/aromatic N) is 1. The Morgan fingerprint density at radius 1 is 1.24 bits per heavy atom. The molecule has 1 aliphatic carbocycles. The maximum atomic E-state index is 11.6. The summed E-state index contributed by atoms with van der Waals surface area (Å²) in [6.07, 6.45) is -2.40. The Morgan fingerprint density at radius 3 is 2.76 bits per heavy atom. The van der Waals surface area contributed by atoms with Gasteiger partial charge in [0.05, 0.1) is 6.61 Å². The van der Waals surface area contributed by atoms with Crippen LogP contribution in [0.4, 0.5) is 4.79 Å². The Bertz CT molecular complexity index is 550. The van der Waals surface area contributed by atoms with E-state index in [0.29, 0.717) is 6.61 Å². The van der Waals surface area contributed by atoms with Gasteiger partial charge in [-0.3, -0.25) is 0 Å². The molecule has 1 saturated carbocycles. The highest BCUT2D eigenvalue weighted by atomic mass is 16.7. The molecule has 3 aliphatic rings. The standard InChI is InChI=1S/C15H17NO5/c1-16-9-10(17)12(19-7-8-5-3-2-4-6-8)14-13(20-14)11(9)21-15(16)18/h2-6,9-14,17H,7H2,1H3/t9-,10-,11-,12-,13+,14-/m1/s1. The lowest BCUT2D eigenvalue weighted by Crippen LogP contribution is -2.57. The Balaban J connectivity index is 1.48. The average Bonchev–Trinajstić information content (AvgIpc) is 3.22. The molecule has 2 aliphatic heterocycles. The highest BCUT2D eigenvalue weighted by Gasteiger charge is 2.66. The lowest BCUT2D eigenvalue weighted by molar-refractivity contribution is -0.0937. The largest absolute Gasteiger partial charge is 0.441 e. The van der Waals surface area contributed by atoms with Gasteiger partial charge in [-0.15, -0.1) is 0 Å². The highest BCUT2D eigenvalue weighted by Crippen LogP contribution is 2.44. The fourth-order valence-electron chi connectivity index (χ4n) is 3.31. The first-order valence-electron chi connectivity index (χ1n) is 7.09. The van der Waals surface area contributed by atoms with Gasteiger partial charge in [-0.25, -0.2) is 4.79 Å². The molecule has 2 heterocycles. The molecule has 3 fully saturated rings. The van der Waals surface area contributed by atoms with Crippen LogP contribution in [0.3, 0.4) is 0 Å². The van der Waals surface area contributed by atoms with E-state index in [9.17, 15) is 9.90 Å². The molecule has 6 heteroatoms. The number of hydrogen-bond acceptors (Lipinski definition) is 5. The maximum Gasteiger partial charge on any atom is 0.410 e. The van der Waals surface area contributed by atoms with Gasteiger partial charge in [0, 0.05) is 7.05 Å². The number of rotatable bonds is 3.